The van der Waals surface area contributed by atoms with Gasteiger partial charge in [0, 0.05) is 37.4 Å². The summed E-state index contributed by atoms with van der Waals surface area (Å²) in [5.74, 6) is 0.648. The molecule has 0 radical (unpaired) electrons. The Bertz CT molecular complexity index is 912. The van der Waals surface area contributed by atoms with Crippen molar-refractivity contribution in [1.82, 2.24) is 4.90 Å². The zero-order valence-electron chi connectivity index (χ0n) is 14.6. The fraction of sp³-hybridized carbons (Fsp3) is 0.316. The van der Waals surface area contributed by atoms with Crippen LogP contribution < -0.4 is 14.4 Å². The Kier molecular flexibility index (Phi) is 4.74. The molecule has 1 fully saturated rings. The first kappa shape index (κ1) is 18.7. The molecule has 5 nitrogen and oxygen atoms in total. The number of carbonyl (C=O) groups excluding carboxylic acids is 1. The summed E-state index contributed by atoms with van der Waals surface area (Å²) in [5.41, 5.74) is 0.202. The lowest BCUT2D eigenvalue weighted by Crippen LogP contribution is -2.48. The number of anilines is 1. The Morgan fingerprint density at radius 3 is 2.50 bits per heavy atom. The van der Waals surface area contributed by atoms with Gasteiger partial charge in [-0.3, -0.25) is 4.79 Å². The van der Waals surface area contributed by atoms with Crippen LogP contribution in [-0.2, 0) is 6.18 Å². The minimum atomic E-state index is -4.38. The standard InChI is InChI=1S/C19H16ClF3N2O3/c20-15-8-12(9-16-17(15)28-11-27-16)18(26)25-6-4-24(5-7-25)14-3-1-2-13(10-14)19(21,22)23/h1-3,8-10H,4-7,11H2. The molecule has 0 atom stereocenters. The number of rotatable bonds is 2. The van der Waals surface area contributed by atoms with Gasteiger partial charge < -0.3 is 19.3 Å². The summed E-state index contributed by atoms with van der Waals surface area (Å²) in [7, 11) is 0. The van der Waals surface area contributed by atoms with Crippen molar-refractivity contribution in [2.45, 2.75) is 6.18 Å². The summed E-state index contributed by atoms with van der Waals surface area (Å²) in [5, 5.41) is 0.306. The third-order valence-electron chi connectivity index (χ3n) is 4.78. The van der Waals surface area contributed by atoms with Crippen molar-refractivity contribution >= 4 is 23.2 Å². The third kappa shape index (κ3) is 3.56. The van der Waals surface area contributed by atoms with E-state index in [2.05, 4.69) is 0 Å². The molecule has 0 saturated carbocycles. The van der Waals surface area contributed by atoms with Crippen LogP contribution in [0, 0.1) is 0 Å². The van der Waals surface area contributed by atoms with E-state index in [0.717, 1.165) is 12.1 Å². The lowest BCUT2D eigenvalue weighted by Gasteiger charge is -2.36. The molecule has 0 aliphatic carbocycles. The van der Waals surface area contributed by atoms with Crippen LogP contribution in [0.4, 0.5) is 18.9 Å². The molecule has 2 aliphatic rings. The van der Waals surface area contributed by atoms with Crippen molar-refractivity contribution in [3.05, 3.63) is 52.5 Å². The van der Waals surface area contributed by atoms with Crippen LogP contribution in [0.15, 0.2) is 36.4 Å². The molecule has 9 heteroatoms. The van der Waals surface area contributed by atoms with E-state index in [1.165, 1.54) is 12.1 Å². The minimum absolute atomic E-state index is 0.0579. The summed E-state index contributed by atoms with van der Waals surface area (Å²) in [6, 6.07) is 8.35. The maximum Gasteiger partial charge on any atom is 0.416 e. The highest BCUT2D eigenvalue weighted by atomic mass is 35.5. The van der Waals surface area contributed by atoms with Crippen molar-refractivity contribution in [2.24, 2.45) is 0 Å². The molecule has 4 rings (SSSR count). The summed E-state index contributed by atoms with van der Waals surface area (Å²) in [6.45, 7) is 1.71. The van der Waals surface area contributed by atoms with Crippen LogP contribution in [-0.4, -0.2) is 43.8 Å². The Balaban J connectivity index is 1.45. The molecule has 0 aromatic heterocycles. The number of fused-ring (bicyclic) bond motifs is 1. The second-order valence-electron chi connectivity index (χ2n) is 6.52. The number of carbonyl (C=O) groups is 1. The molecule has 0 N–H and O–H groups in total. The number of benzene rings is 2. The van der Waals surface area contributed by atoms with Crippen molar-refractivity contribution in [3.63, 3.8) is 0 Å². The van der Waals surface area contributed by atoms with Crippen molar-refractivity contribution in [3.8, 4) is 11.5 Å². The van der Waals surface area contributed by atoms with Crippen molar-refractivity contribution in [1.29, 1.82) is 0 Å². The van der Waals surface area contributed by atoms with Crippen LogP contribution >= 0.6 is 11.6 Å². The summed E-state index contributed by atoms with van der Waals surface area (Å²) < 4.78 is 49.3. The first-order valence-electron chi connectivity index (χ1n) is 8.63. The van der Waals surface area contributed by atoms with E-state index in [4.69, 9.17) is 21.1 Å². The molecule has 28 heavy (non-hydrogen) atoms. The number of piperazine rings is 1. The summed E-state index contributed by atoms with van der Waals surface area (Å²) >= 11 is 6.14. The fourth-order valence-electron chi connectivity index (χ4n) is 3.32. The van der Waals surface area contributed by atoms with Crippen LogP contribution in [0.1, 0.15) is 15.9 Å². The van der Waals surface area contributed by atoms with E-state index in [0.29, 0.717) is 54.0 Å². The van der Waals surface area contributed by atoms with Gasteiger partial charge in [0.2, 0.25) is 6.79 Å². The van der Waals surface area contributed by atoms with Crippen molar-refractivity contribution < 1.29 is 27.4 Å². The second kappa shape index (κ2) is 7.09. The number of halogens is 4. The molecular formula is C19H16ClF3N2O3. The Hall–Kier alpha value is -2.61. The van der Waals surface area contributed by atoms with E-state index in [1.807, 2.05) is 4.90 Å². The van der Waals surface area contributed by atoms with Crippen LogP contribution in [0.3, 0.4) is 0 Å². The van der Waals surface area contributed by atoms with Crippen LogP contribution in [0.2, 0.25) is 5.02 Å². The molecule has 0 unspecified atom stereocenters. The van der Waals surface area contributed by atoms with Gasteiger partial charge in [0.25, 0.3) is 5.91 Å². The van der Waals surface area contributed by atoms with Gasteiger partial charge in [-0.1, -0.05) is 17.7 Å². The molecule has 2 heterocycles. The van der Waals surface area contributed by atoms with Gasteiger partial charge in [-0.2, -0.15) is 13.2 Å². The van der Waals surface area contributed by atoms with E-state index in [-0.39, 0.29) is 12.7 Å². The first-order valence-corrected chi connectivity index (χ1v) is 9.01. The second-order valence-corrected chi connectivity index (χ2v) is 6.93. The zero-order valence-corrected chi connectivity index (χ0v) is 15.4. The highest BCUT2D eigenvalue weighted by Crippen LogP contribution is 2.40. The maximum absolute atomic E-state index is 12.9. The predicted octanol–water partition coefficient (Wildman–Crippen LogP) is 4.05. The number of hydrogen-bond donors (Lipinski definition) is 0. The highest BCUT2D eigenvalue weighted by molar-refractivity contribution is 6.32. The Labute approximate surface area is 164 Å². The summed E-state index contributed by atoms with van der Waals surface area (Å²) in [6.07, 6.45) is -4.38. The molecule has 2 aliphatic heterocycles. The molecule has 1 amide bonds. The number of alkyl halides is 3. The Morgan fingerprint density at radius 1 is 1.04 bits per heavy atom. The van der Waals surface area contributed by atoms with Gasteiger partial charge in [0.1, 0.15) is 0 Å². The smallest absolute Gasteiger partial charge is 0.416 e. The highest BCUT2D eigenvalue weighted by Gasteiger charge is 2.31. The normalized spacial score (nSPS) is 16.4. The third-order valence-corrected chi connectivity index (χ3v) is 5.06. The lowest BCUT2D eigenvalue weighted by molar-refractivity contribution is -0.137. The number of amides is 1. The largest absolute Gasteiger partial charge is 0.454 e. The first-order chi connectivity index (χ1) is 13.3. The molecule has 148 valence electrons. The van der Waals surface area contributed by atoms with Crippen LogP contribution in [0.25, 0.3) is 0 Å². The number of hydrogen-bond acceptors (Lipinski definition) is 4. The number of ether oxygens (including phenoxy) is 2. The van der Waals surface area contributed by atoms with E-state index in [9.17, 15) is 18.0 Å². The average Bonchev–Trinajstić information content (AvgIpc) is 3.16. The van der Waals surface area contributed by atoms with Gasteiger partial charge >= 0.3 is 6.18 Å². The SMILES string of the molecule is O=C(c1cc(Cl)c2c(c1)OCO2)N1CCN(c2cccc(C(F)(F)F)c2)CC1. The van der Waals surface area contributed by atoms with Gasteiger partial charge in [-0.25, -0.2) is 0 Å². The molecular weight excluding hydrogens is 397 g/mol. The average molecular weight is 413 g/mol. The molecule has 2 aromatic carbocycles. The van der Waals surface area contributed by atoms with Gasteiger partial charge in [0.15, 0.2) is 11.5 Å². The lowest BCUT2D eigenvalue weighted by atomic mass is 10.1. The fourth-order valence-corrected chi connectivity index (χ4v) is 3.59. The monoisotopic (exact) mass is 412 g/mol. The van der Waals surface area contributed by atoms with E-state index >= 15 is 0 Å². The summed E-state index contributed by atoms with van der Waals surface area (Å²) in [4.78, 5) is 16.3. The van der Waals surface area contributed by atoms with Crippen molar-refractivity contribution in [2.75, 3.05) is 37.9 Å². The minimum Gasteiger partial charge on any atom is -0.454 e. The molecule has 0 spiro atoms. The van der Waals surface area contributed by atoms with Crippen LogP contribution in [0.5, 0.6) is 11.5 Å². The quantitative estimate of drug-likeness (QED) is 0.746. The molecule has 0 bridgehead atoms. The zero-order chi connectivity index (χ0) is 19.9. The van der Waals surface area contributed by atoms with E-state index in [1.54, 1.807) is 17.0 Å². The molecule has 2 aromatic rings. The topological polar surface area (TPSA) is 42.0 Å². The van der Waals surface area contributed by atoms with Gasteiger partial charge in [0.05, 0.1) is 10.6 Å². The predicted molar refractivity (Wildman–Crippen MR) is 97.1 cm³/mol. The van der Waals surface area contributed by atoms with E-state index < -0.39 is 11.7 Å². The van der Waals surface area contributed by atoms with Gasteiger partial charge in [-0.05, 0) is 30.3 Å². The Morgan fingerprint density at radius 2 is 1.79 bits per heavy atom. The number of nitrogens with zero attached hydrogens (tertiary/aromatic N) is 2. The molecule has 1 saturated heterocycles. The van der Waals surface area contributed by atoms with Gasteiger partial charge in [-0.15, -0.1) is 0 Å². The maximum atomic E-state index is 12.9.